The number of hydrogen-bond acceptors (Lipinski definition) is 5. The number of nitrogens with one attached hydrogen (secondary N) is 1. The van der Waals surface area contributed by atoms with Gasteiger partial charge in [0.15, 0.2) is 0 Å². The summed E-state index contributed by atoms with van der Waals surface area (Å²) >= 11 is 5.20. The highest BCUT2D eigenvalue weighted by Gasteiger charge is 2.16. The molecule has 0 spiro atoms. The van der Waals surface area contributed by atoms with Crippen LogP contribution in [-0.2, 0) is 24.8 Å². The number of carbonyl (C=O) groups is 1. The molecule has 21 heavy (non-hydrogen) atoms. The summed E-state index contributed by atoms with van der Waals surface area (Å²) in [4.78, 5) is 13.2. The lowest BCUT2D eigenvalue weighted by Crippen LogP contribution is -2.20. The highest BCUT2D eigenvalue weighted by Crippen LogP contribution is 2.22. The molecular weight excluding hydrogens is 354 g/mol. The van der Waals surface area contributed by atoms with Gasteiger partial charge in [-0.3, -0.25) is 4.68 Å². The Hall–Kier alpha value is -1.18. The number of nitrogens with zero attached hydrogens (tertiary/aromatic N) is 2. The van der Waals surface area contributed by atoms with E-state index in [-0.39, 0.29) is 5.97 Å². The van der Waals surface area contributed by atoms with Gasteiger partial charge in [0, 0.05) is 25.0 Å². The summed E-state index contributed by atoms with van der Waals surface area (Å²) in [5.41, 5.74) is 1.38. The lowest BCUT2D eigenvalue weighted by Gasteiger charge is -2.07. The summed E-state index contributed by atoms with van der Waals surface area (Å²) in [6.45, 7) is 3.61. The zero-order chi connectivity index (χ0) is 15.2. The Morgan fingerprint density at radius 3 is 3.00 bits per heavy atom. The van der Waals surface area contributed by atoms with Gasteiger partial charge in [-0.15, -0.1) is 11.3 Å². The molecule has 0 bridgehead atoms. The van der Waals surface area contributed by atoms with Crippen molar-refractivity contribution >= 4 is 33.2 Å². The largest absolute Gasteiger partial charge is 0.462 e. The van der Waals surface area contributed by atoms with E-state index < -0.39 is 0 Å². The Morgan fingerprint density at radius 1 is 1.52 bits per heavy atom. The van der Waals surface area contributed by atoms with Gasteiger partial charge in [0.25, 0.3) is 0 Å². The fourth-order valence-corrected chi connectivity index (χ4v) is 3.44. The second-order valence-corrected chi connectivity index (χ2v) is 7.03. The maximum atomic E-state index is 11.8. The van der Waals surface area contributed by atoms with Crippen molar-refractivity contribution in [1.82, 2.24) is 15.1 Å². The van der Waals surface area contributed by atoms with Crippen LogP contribution in [0.4, 0.5) is 0 Å². The molecule has 0 amide bonds. The van der Waals surface area contributed by atoms with Crippen LogP contribution in [0.25, 0.3) is 0 Å². The molecule has 7 heteroatoms. The molecule has 0 saturated heterocycles. The van der Waals surface area contributed by atoms with E-state index in [0.717, 1.165) is 22.4 Å². The Balaban J connectivity index is 1.88. The van der Waals surface area contributed by atoms with E-state index in [0.29, 0.717) is 18.7 Å². The smallest absolute Gasteiger partial charge is 0.341 e. The molecule has 0 fully saturated rings. The van der Waals surface area contributed by atoms with Crippen LogP contribution in [0.5, 0.6) is 0 Å². The molecule has 0 aliphatic carbocycles. The fraction of sp³-hybridized carbons (Fsp3) is 0.429. The molecule has 2 heterocycles. The zero-order valence-corrected chi connectivity index (χ0v) is 14.5. The van der Waals surface area contributed by atoms with Gasteiger partial charge >= 0.3 is 5.97 Å². The number of carbonyl (C=O) groups excluding carboxylic acids is 1. The number of thiophene rings is 1. The van der Waals surface area contributed by atoms with Gasteiger partial charge in [-0.25, -0.2) is 4.79 Å². The van der Waals surface area contributed by atoms with Gasteiger partial charge < -0.3 is 10.1 Å². The normalized spacial score (nSPS) is 10.8. The third-order valence-electron chi connectivity index (χ3n) is 3.03. The Bertz CT molecular complexity index is 609. The van der Waals surface area contributed by atoms with Crippen LogP contribution in [0, 0.1) is 0 Å². The van der Waals surface area contributed by atoms with Crippen molar-refractivity contribution in [3.63, 3.8) is 0 Å². The van der Waals surface area contributed by atoms with E-state index in [1.807, 2.05) is 7.05 Å². The van der Waals surface area contributed by atoms with E-state index in [1.54, 1.807) is 29.1 Å². The Kier molecular flexibility index (Phi) is 5.96. The third-order valence-corrected chi connectivity index (χ3v) is 4.71. The molecule has 1 N–H and O–H groups in total. The van der Waals surface area contributed by atoms with E-state index in [2.05, 4.69) is 38.5 Å². The number of aromatic nitrogens is 2. The number of rotatable bonds is 7. The lowest BCUT2D eigenvalue weighted by atomic mass is 10.2. The van der Waals surface area contributed by atoms with Crippen molar-refractivity contribution in [2.75, 3.05) is 13.2 Å². The summed E-state index contributed by atoms with van der Waals surface area (Å²) in [6.07, 6.45) is 2.52. The SMILES string of the molecule is CCOC(=O)c1cnn(C)c1CNCCc1ccc(Br)s1. The predicted octanol–water partition coefficient (Wildman–Crippen LogP) is 2.75. The molecule has 0 unspecified atom stereocenters. The monoisotopic (exact) mass is 371 g/mol. The Morgan fingerprint density at radius 2 is 2.33 bits per heavy atom. The molecule has 0 aromatic carbocycles. The lowest BCUT2D eigenvalue weighted by molar-refractivity contribution is 0.0524. The summed E-state index contributed by atoms with van der Waals surface area (Å²) in [5.74, 6) is -0.315. The topological polar surface area (TPSA) is 56.1 Å². The molecule has 0 aliphatic heterocycles. The summed E-state index contributed by atoms with van der Waals surface area (Å²) in [5, 5.41) is 7.48. The molecule has 2 rings (SSSR count). The second-order valence-electron chi connectivity index (χ2n) is 4.48. The van der Waals surface area contributed by atoms with Crippen LogP contribution >= 0.6 is 27.3 Å². The predicted molar refractivity (Wildman–Crippen MR) is 86.6 cm³/mol. The molecule has 0 radical (unpaired) electrons. The van der Waals surface area contributed by atoms with Crippen LogP contribution in [0.2, 0.25) is 0 Å². The number of ether oxygens (including phenoxy) is 1. The molecular formula is C14H18BrN3O2S. The average molecular weight is 372 g/mol. The zero-order valence-electron chi connectivity index (χ0n) is 12.1. The summed E-state index contributed by atoms with van der Waals surface area (Å²) < 4.78 is 7.89. The maximum absolute atomic E-state index is 11.8. The van der Waals surface area contributed by atoms with Crippen molar-refractivity contribution < 1.29 is 9.53 Å². The first kappa shape index (κ1) is 16.2. The third kappa shape index (κ3) is 4.39. The van der Waals surface area contributed by atoms with E-state index in [9.17, 15) is 4.79 Å². The first-order valence-corrected chi connectivity index (χ1v) is 8.35. The van der Waals surface area contributed by atoms with E-state index in [4.69, 9.17) is 4.74 Å². The molecule has 0 saturated carbocycles. The highest BCUT2D eigenvalue weighted by atomic mass is 79.9. The maximum Gasteiger partial charge on any atom is 0.341 e. The quantitative estimate of drug-likeness (QED) is 0.600. The van der Waals surface area contributed by atoms with Crippen LogP contribution in [0.15, 0.2) is 22.1 Å². The second kappa shape index (κ2) is 7.72. The van der Waals surface area contributed by atoms with Crippen molar-refractivity contribution in [1.29, 1.82) is 0 Å². The van der Waals surface area contributed by atoms with Crippen LogP contribution in [0.3, 0.4) is 0 Å². The van der Waals surface area contributed by atoms with Gasteiger partial charge in [-0.1, -0.05) is 0 Å². The van der Waals surface area contributed by atoms with E-state index >= 15 is 0 Å². The van der Waals surface area contributed by atoms with Gasteiger partial charge in [-0.05, 0) is 41.4 Å². The summed E-state index contributed by atoms with van der Waals surface area (Å²) in [6, 6.07) is 4.17. The fourth-order valence-electron chi connectivity index (χ4n) is 1.96. The first-order valence-electron chi connectivity index (χ1n) is 6.74. The molecule has 2 aromatic rings. The van der Waals surface area contributed by atoms with Crippen molar-refractivity contribution in [3.8, 4) is 0 Å². The van der Waals surface area contributed by atoms with Gasteiger partial charge in [0.05, 0.1) is 22.3 Å². The minimum Gasteiger partial charge on any atom is -0.462 e. The number of esters is 1. The van der Waals surface area contributed by atoms with Crippen LogP contribution in [0.1, 0.15) is 27.9 Å². The molecule has 5 nitrogen and oxygen atoms in total. The first-order chi connectivity index (χ1) is 10.1. The summed E-state index contributed by atoms with van der Waals surface area (Å²) in [7, 11) is 1.83. The number of aryl methyl sites for hydroxylation is 1. The minimum absolute atomic E-state index is 0.315. The van der Waals surface area contributed by atoms with Crippen LogP contribution < -0.4 is 5.32 Å². The van der Waals surface area contributed by atoms with Crippen molar-refractivity contribution in [3.05, 3.63) is 38.3 Å². The average Bonchev–Trinajstić information content (AvgIpc) is 3.02. The Labute approximate surface area is 136 Å². The molecule has 0 aliphatic rings. The number of hydrogen-bond donors (Lipinski definition) is 1. The van der Waals surface area contributed by atoms with Gasteiger partial charge in [0.1, 0.15) is 5.56 Å². The minimum atomic E-state index is -0.315. The van der Waals surface area contributed by atoms with Crippen LogP contribution in [-0.4, -0.2) is 28.9 Å². The van der Waals surface area contributed by atoms with E-state index in [1.165, 1.54) is 4.88 Å². The standard InChI is InChI=1S/C14H18BrN3O2S/c1-3-20-14(19)11-8-17-18(2)12(11)9-16-7-6-10-4-5-13(15)21-10/h4-5,8,16H,3,6-7,9H2,1-2H3. The highest BCUT2D eigenvalue weighted by molar-refractivity contribution is 9.11. The molecule has 114 valence electrons. The van der Waals surface area contributed by atoms with Gasteiger partial charge in [0.2, 0.25) is 0 Å². The number of halogens is 1. The molecule has 2 aromatic heterocycles. The molecule has 0 atom stereocenters. The van der Waals surface area contributed by atoms with Gasteiger partial charge in [-0.2, -0.15) is 5.10 Å². The van der Waals surface area contributed by atoms with Crippen molar-refractivity contribution in [2.45, 2.75) is 19.9 Å². The van der Waals surface area contributed by atoms with Crippen molar-refractivity contribution in [2.24, 2.45) is 7.05 Å².